The van der Waals surface area contributed by atoms with Crippen molar-refractivity contribution in [3.63, 3.8) is 0 Å². The molecule has 1 fully saturated rings. The van der Waals surface area contributed by atoms with E-state index < -0.39 is 0 Å². The van der Waals surface area contributed by atoms with E-state index in [2.05, 4.69) is 0 Å². The standard InChI is InChI=1S/C6H11NO2/c1-4(8)5-2-3-6(7)9-5/h5-6H,2-3,7H2,1H3. The van der Waals surface area contributed by atoms with Gasteiger partial charge in [-0.05, 0) is 19.8 Å². The van der Waals surface area contributed by atoms with Gasteiger partial charge in [-0.25, -0.2) is 0 Å². The molecule has 52 valence electrons. The first-order chi connectivity index (χ1) is 4.20. The summed E-state index contributed by atoms with van der Waals surface area (Å²) < 4.78 is 5.05. The van der Waals surface area contributed by atoms with Crippen LogP contribution in [0.25, 0.3) is 0 Å². The van der Waals surface area contributed by atoms with E-state index in [0.29, 0.717) is 0 Å². The van der Waals surface area contributed by atoms with E-state index in [1.807, 2.05) is 0 Å². The molecular formula is C6H11NO2. The first-order valence-electron chi connectivity index (χ1n) is 3.11. The fraction of sp³-hybridized carbons (Fsp3) is 0.833. The maximum atomic E-state index is 10.6. The molecule has 1 aliphatic heterocycles. The van der Waals surface area contributed by atoms with Crippen LogP contribution in [0.4, 0.5) is 0 Å². The summed E-state index contributed by atoms with van der Waals surface area (Å²) in [4.78, 5) is 10.6. The largest absolute Gasteiger partial charge is 0.353 e. The van der Waals surface area contributed by atoms with Gasteiger partial charge in [-0.1, -0.05) is 0 Å². The lowest BCUT2D eigenvalue weighted by Crippen LogP contribution is -2.23. The summed E-state index contributed by atoms with van der Waals surface area (Å²) >= 11 is 0. The molecule has 9 heavy (non-hydrogen) atoms. The van der Waals surface area contributed by atoms with Gasteiger partial charge in [-0.3, -0.25) is 4.79 Å². The number of rotatable bonds is 1. The Morgan fingerprint density at radius 3 is 2.56 bits per heavy atom. The van der Waals surface area contributed by atoms with Crippen molar-refractivity contribution in [1.82, 2.24) is 0 Å². The first kappa shape index (κ1) is 6.71. The Labute approximate surface area is 54.2 Å². The smallest absolute Gasteiger partial charge is 0.158 e. The molecule has 1 heterocycles. The molecule has 0 aromatic rings. The molecule has 2 N–H and O–H groups in total. The summed E-state index contributed by atoms with van der Waals surface area (Å²) in [6.45, 7) is 1.53. The van der Waals surface area contributed by atoms with Crippen molar-refractivity contribution in [2.75, 3.05) is 0 Å². The van der Waals surface area contributed by atoms with Crippen molar-refractivity contribution in [1.29, 1.82) is 0 Å². The van der Waals surface area contributed by atoms with Gasteiger partial charge in [-0.15, -0.1) is 0 Å². The van der Waals surface area contributed by atoms with E-state index in [1.54, 1.807) is 0 Å². The number of hydrogen-bond acceptors (Lipinski definition) is 3. The van der Waals surface area contributed by atoms with Crippen LogP contribution < -0.4 is 5.73 Å². The maximum absolute atomic E-state index is 10.6. The summed E-state index contributed by atoms with van der Waals surface area (Å²) in [5.41, 5.74) is 5.39. The fourth-order valence-corrected chi connectivity index (χ4v) is 0.962. The van der Waals surface area contributed by atoms with Gasteiger partial charge in [0.15, 0.2) is 5.78 Å². The van der Waals surface area contributed by atoms with Crippen LogP contribution in [0, 0.1) is 0 Å². The predicted molar refractivity (Wildman–Crippen MR) is 32.8 cm³/mol. The predicted octanol–water partition coefficient (Wildman–Crippen LogP) is 0.0392. The number of nitrogens with two attached hydrogens (primary N) is 1. The molecule has 1 saturated heterocycles. The molecule has 3 heteroatoms. The number of carbonyl (C=O) groups excluding carboxylic acids is 1. The van der Waals surface area contributed by atoms with Crippen molar-refractivity contribution in [2.45, 2.75) is 32.1 Å². The van der Waals surface area contributed by atoms with Gasteiger partial charge in [-0.2, -0.15) is 0 Å². The van der Waals surface area contributed by atoms with Crippen LogP contribution in [0.5, 0.6) is 0 Å². The van der Waals surface area contributed by atoms with Crippen LogP contribution >= 0.6 is 0 Å². The number of hydrogen-bond donors (Lipinski definition) is 1. The van der Waals surface area contributed by atoms with E-state index in [4.69, 9.17) is 10.5 Å². The molecule has 2 unspecified atom stereocenters. The summed E-state index contributed by atoms with van der Waals surface area (Å²) in [5.74, 6) is 0.0861. The van der Waals surface area contributed by atoms with Gasteiger partial charge in [0.1, 0.15) is 12.3 Å². The zero-order valence-electron chi connectivity index (χ0n) is 5.46. The van der Waals surface area contributed by atoms with Crippen LogP contribution in [0.15, 0.2) is 0 Å². The highest BCUT2D eigenvalue weighted by Gasteiger charge is 2.25. The fourth-order valence-electron chi connectivity index (χ4n) is 0.962. The van der Waals surface area contributed by atoms with Crippen molar-refractivity contribution in [3.05, 3.63) is 0 Å². The Balaban J connectivity index is 2.39. The third-order valence-electron chi connectivity index (χ3n) is 1.51. The zero-order valence-corrected chi connectivity index (χ0v) is 5.46. The van der Waals surface area contributed by atoms with Crippen LogP contribution in [-0.2, 0) is 9.53 Å². The molecule has 0 spiro atoms. The average molecular weight is 129 g/mol. The number of Topliss-reactive ketones (excluding diaryl/α,β-unsaturated/α-hetero) is 1. The Morgan fingerprint density at radius 1 is 1.67 bits per heavy atom. The van der Waals surface area contributed by atoms with Gasteiger partial charge in [0, 0.05) is 0 Å². The monoisotopic (exact) mass is 129 g/mol. The van der Waals surface area contributed by atoms with Gasteiger partial charge < -0.3 is 10.5 Å². The molecule has 0 saturated carbocycles. The molecule has 1 aliphatic rings. The number of ether oxygens (including phenoxy) is 1. The third-order valence-corrected chi connectivity index (χ3v) is 1.51. The Bertz CT molecular complexity index is 124. The van der Waals surface area contributed by atoms with Crippen LogP contribution in [0.3, 0.4) is 0 Å². The minimum Gasteiger partial charge on any atom is -0.353 e. The maximum Gasteiger partial charge on any atom is 0.158 e. The zero-order chi connectivity index (χ0) is 6.85. The molecule has 0 radical (unpaired) electrons. The first-order valence-corrected chi connectivity index (χ1v) is 3.11. The molecule has 2 atom stereocenters. The molecular weight excluding hydrogens is 118 g/mol. The molecule has 0 bridgehead atoms. The van der Waals surface area contributed by atoms with Gasteiger partial charge in [0.2, 0.25) is 0 Å². The van der Waals surface area contributed by atoms with Crippen LogP contribution in [0.1, 0.15) is 19.8 Å². The second-order valence-electron chi connectivity index (χ2n) is 2.35. The molecule has 3 nitrogen and oxygen atoms in total. The Morgan fingerprint density at radius 2 is 2.33 bits per heavy atom. The SMILES string of the molecule is CC(=O)C1CCC(N)O1. The van der Waals surface area contributed by atoms with E-state index in [1.165, 1.54) is 6.92 Å². The number of ketones is 1. The normalized spacial score (nSPS) is 34.9. The lowest BCUT2D eigenvalue weighted by atomic mass is 10.2. The van der Waals surface area contributed by atoms with Crippen LogP contribution in [-0.4, -0.2) is 18.1 Å². The lowest BCUT2D eigenvalue weighted by Gasteiger charge is -2.04. The summed E-state index contributed by atoms with van der Waals surface area (Å²) in [6, 6.07) is 0. The minimum atomic E-state index is -0.222. The van der Waals surface area contributed by atoms with E-state index in [9.17, 15) is 4.79 Å². The average Bonchev–Trinajstić information content (AvgIpc) is 2.14. The lowest BCUT2D eigenvalue weighted by molar-refractivity contribution is -0.127. The van der Waals surface area contributed by atoms with E-state index >= 15 is 0 Å². The minimum absolute atomic E-state index is 0.0861. The summed E-state index contributed by atoms with van der Waals surface area (Å²) in [7, 11) is 0. The van der Waals surface area contributed by atoms with Gasteiger partial charge in [0.25, 0.3) is 0 Å². The van der Waals surface area contributed by atoms with Gasteiger partial charge >= 0.3 is 0 Å². The van der Waals surface area contributed by atoms with Crippen molar-refractivity contribution in [3.8, 4) is 0 Å². The second kappa shape index (κ2) is 2.45. The van der Waals surface area contributed by atoms with E-state index in [0.717, 1.165) is 12.8 Å². The number of carbonyl (C=O) groups is 1. The molecule has 1 rings (SSSR count). The summed E-state index contributed by atoms with van der Waals surface area (Å²) in [6.07, 6.45) is 1.17. The quantitative estimate of drug-likeness (QED) is 0.543. The molecule has 0 aromatic heterocycles. The second-order valence-corrected chi connectivity index (χ2v) is 2.35. The summed E-state index contributed by atoms with van der Waals surface area (Å²) in [5, 5.41) is 0. The van der Waals surface area contributed by atoms with Crippen molar-refractivity contribution < 1.29 is 9.53 Å². The van der Waals surface area contributed by atoms with Crippen molar-refractivity contribution >= 4 is 5.78 Å². The Kier molecular flexibility index (Phi) is 1.83. The highest BCUT2D eigenvalue weighted by atomic mass is 16.5. The highest BCUT2D eigenvalue weighted by molar-refractivity contribution is 5.80. The van der Waals surface area contributed by atoms with Gasteiger partial charge in [0.05, 0.1) is 0 Å². The molecule has 0 aromatic carbocycles. The molecule has 0 aliphatic carbocycles. The Hall–Kier alpha value is -0.410. The van der Waals surface area contributed by atoms with Crippen LogP contribution in [0.2, 0.25) is 0 Å². The van der Waals surface area contributed by atoms with E-state index in [-0.39, 0.29) is 18.1 Å². The third kappa shape index (κ3) is 1.50. The van der Waals surface area contributed by atoms with Crippen molar-refractivity contribution in [2.24, 2.45) is 5.73 Å². The highest BCUT2D eigenvalue weighted by Crippen LogP contribution is 2.15. The topological polar surface area (TPSA) is 52.3 Å². The molecule has 0 amide bonds.